The highest BCUT2D eigenvalue weighted by Crippen LogP contribution is 2.16. The number of carbonyl (C=O) groups excluding carboxylic acids is 3. The van der Waals surface area contributed by atoms with Gasteiger partial charge in [0.15, 0.2) is 6.10 Å². The zero-order valence-corrected chi connectivity index (χ0v) is 45.4. The van der Waals surface area contributed by atoms with Crippen LogP contribution in [0.1, 0.15) is 310 Å². The van der Waals surface area contributed by atoms with Crippen molar-refractivity contribution in [1.29, 1.82) is 0 Å². The van der Waals surface area contributed by atoms with Gasteiger partial charge >= 0.3 is 17.9 Å². The van der Waals surface area contributed by atoms with Crippen LogP contribution in [0.15, 0.2) is 48.6 Å². The number of hydrogen-bond donors (Lipinski definition) is 0. The van der Waals surface area contributed by atoms with E-state index in [1.807, 2.05) is 0 Å². The molecular weight excluding hydrogens is 841 g/mol. The average molecular weight is 954 g/mol. The summed E-state index contributed by atoms with van der Waals surface area (Å²) in [6.45, 7) is 6.62. The Kier molecular flexibility index (Phi) is 54.8. The van der Waals surface area contributed by atoms with E-state index >= 15 is 0 Å². The van der Waals surface area contributed by atoms with Gasteiger partial charge in [0.2, 0.25) is 0 Å². The molecule has 0 spiro atoms. The van der Waals surface area contributed by atoms with Crippen LogP contribution in [0.4, 0.5) is 0 Å². The van der Waals surface area contributed by atoms with E-state index in [1.165, 1.54) is 199 Å². The van der Waals surface area contributed by atoms with Crippen molar-refractivity contribution in [1.82, 2.24) is 0 Å². The Morgan fingerprint density at radius 2 is 0.544 bits per heavy atom. The number of allylic oxidation sites excluding steroid dienone is 8. The molecular formula is C62H112O6. The van der Waals surface area contributed by atoms with Crippen LogP contribution >= 0.6 is 0 Å². The Morgan fingerprint density at radius 1 is 0.294 bits per heavy atom. The zero-order chi connectivity index (χ0) is 49.3. The molecule has 0 heterocycles. The lowest BCUT2D eigenvalue weighted by atomic mass is 10.0. The number of esters is 3. The summed E-state index contributed by atoms with van der Waals surface area (Å²) in [4.78, 5) is 38.2. The number of hydrogen-bond acceptors (Lipinski definition) is 6. The van der Waals surface area contributed by atoms with Crippen molar-refractivity contribution in [2.45, 2.75) is 316 Å². The minimum atomic E-state index is -0.794. The van der Waals surface area contributed by atoms with Crippen molar-refractivity contribution in [3.8, 4) is 0 Å². The second-order valence-electron chi connectivity index (χ2n) is 19.9. The molecule has 0 amide bonds. The lowest BCUT2D eigenvalue weighted by molar-refractivity contribution is -0.167. The SMILES string of the molecule is CCCCCCCC/C=C\C/C=C\C/C=C\CCCC(=O)OCC(COC(=O)CCCCCCC/C=C\CCCCCCCCC)OC(=O)CCCCCCCCCCCCCCCCCCC. The van der Waals surface area contributed by atoms with Gasteiger partial charge in [-0.05, 0) is 77.0 Å². The van der Waals surface area contributed by atoms with Crippen LogP contribution in [0.2, 0.25) is 0 Å². The molecule has 0 aliphatic heterocycles. The van der Waals surface area contributed by atoms with Gasteiger partial charge in [0.05, 0.1) is 0 Å². The van der Waals surface area contributed by atoms with E-state index in [-0.39, 0.29) is 31.1 Å². The molecule has 68 heavy (non-hydrogen) atoms. The van der Waals surface area contributed by atoms with Crippen molar-refractivity contribution in [3.05, 3.63) is 48.6 Å². The number of unbranched alkanes of at least 4 members (excludes halogenated alkanes) is 35. The maximum atomic E-state index is 12.9. The normalized spacial score (nSPS) is 12.3. The summed E-state index contributed by atoms with van der Waals surface area (Å²) in [7, 11) is 0. The van der Waals surface area contributed by atoms with E-state index in [0.29, 0.717) is 25.7 Å². The van der Waals surface area contributed by atoms with E-state index in [4.69, 9.17) is 14.2 Å². The third kappa shape index (κ3) is 54.3. The van der Waals surface area contributed by atoms with Crippen LogP contribution in [0.25, 0.3) is 0 Å². The van der Waals surface area contributed by atoms with E-state index in [0.717, 1.165) is 64.2 Å². The van der Waals surface area contributed by atoms with Gasteiger partial charge in [-0.3, -0.25) is 14.4 Å². The third-order valence-electron chi connectivity index (χ3n) is 13.1. The largest absolute Gasteiger partial charge is 0.462 e. The minimum absolute atomic E-state index is 0.0900. The molecule has 0 aromatic rings. The van der Waals surface area contributed by atoms with Gasteiger partial charge in [-0.15, -0.1) is 0 Å². The molecule has 0 radical (unpaired) electrons. The van der Waals surface area contributed by atoms with Crippen LogP contribution in [-0.2, 0) is 28.6 Å². The van der Waals surface area contributed by atoms with Gasteiger partial charge in [-0.1, -0.05) is 262 Å². The van der Waals surface area contributed by atoms with E-state index in [2.05, 4.69) is 69.4 Å². The molecule has 0 fully saturated rings. The first-order chi connectivity index (χ1) is 33.5. The molecule has 0 bridgehead atoms. The average Bonchev–Trinajstić information content (AvgIpc) is 3.34. The summed E-state index contributed by atoms with van der Waals surface area (Å²) in [5.41, 5.74) is 0. The second-order valence-corrected chi connectivity index (χ2v) is 19.9. The Hall–Kier alpha value is -2.63. The number of ether oxygens (including phenoxy) is 3. The highest BCUT2D eigenvalue weighted by molar-refractivity contribution is 5.71. The van der Waals surface area contributed by atoms with Crippen LogP contribution in [0, 0.1) is 0 Å². The van der Waals surface area contributed by atoms with Crippen LogP contribution in [0.3, 0.4) is 0 Å². The minimum Gasteiger partial charge on any atom is -0.462 e. The molecule has 1 atom stereocenters. The summed E-state index contributed by atoms with van der Waals surface area (Å²) in [6.07, 6.45) is 69.7. The molecule has 0 saturated carbocycles. The summed E-state index contributed by atoms with van der Waals surface area (Å²) in [6, 6.07) is 0. The predicted molar refractivity (Wildman–Crippen MR) is 293 cm³/mol. The first-order valence-corrected chi connectivity index (χ1v) is 29.6. The first-order valence-electron chi connectivity index (χ1n) is 29.6. The fourth-order valence-electron chi connectivity index (χ4n) is 8.57. The van der Waals surface area contributed by atoms with E-state index in [1.54, 1.807) is 0 Å². The van der Waals surface area contributed by atoms with Crippen molar-refractivity contribution in [2.24, 2.45) is 0 Å². The Morgan fingerprint density at radius 3 is 0.897 bits per heavy atom. The molecule has 0 aliphatic rings. The summed E-state index contributed by atoms with van der Waals surface area (Å²) >= 11 is 0. The van der Waals surface area contributed by atoms with Gasteiger partial charge in [0, 0.05) is 19.3 Å². The maximum absolute atomic E-state index is 12.9. The Labute approximate surface area is 422 Å². The molecule has 6 nitrogen and oxygen atoms in total. The van der Waals surface area contributed by atoms with Crippen LogP contribution in [-0.4, -0.2) is 37.2 Å². The predicted octanol–water partition coefficient (Wildman–Crippen LogP) is 19.8. The molecule has 0 rings (SSSR count). The molecule has 0 aliphatic carbocycles. The molecule has 396 valence electrons. The maximum Gasteiger partial charge on any atom is 0.306 e. The summed E-state index contributed by atoms with van der Waals surface area (Å²) < 4.78 is 16.8. The van der Waals surface area contributed by atoms with Gasteiger partial charge in [0.25, 0.3) is 0 Å². The van der Waals surface area contributed by atoms with E-state index < -0.39 is 6.10 Å². The van der Waals surface area contributed by atoms with Crippen molar-refractivity contribution >= 4 is 17.9 Å². The zero-order valence-electron chi connectivity index (χ0n) is 45.4. The summed E-state index contributed by atoms with van der Waals surface area (Å²) in [5, 5.41) is 0. The number of carbonyl (C=O) groups is 3. The van der Waals surface area contributed by atoms with Gasteiger partial charge in [-0.25, -0.2) is 0 Å². The molecule has 0 N–H and O–H groups in total. The Bertz CT molecular complexity index is 1190. The fourth-order valence-corrected chi connectivity index (χ4v) is 8.57. The first kappa shape index (κ1) is 65.4. The second kappa shape index (κ2) is 57.0. The van der Waals surface area contributed by atoms with Crippen LogP contribution < -0.4 is 0 Å². The fraction of sp³-hybridized carbons (Fsp3) is 0.823. The highest BCUT2D eigenvalue weighted by Gasteiger charge is 2.19. The van der Waals surface area contributed by atoms with Gasteiger partial charge < -0.3 is 14.2 Å². The van der Waals surface area contributed by atoms with Gasteiger partial charge in [0.1, 0.15) is 13.2 Å². The molecule has 0 saturated heterocycles. The summed E-state index contributed by atoms with van der Waals surface area (Å²) in [5.74, 6) is -0.935. The van der Waals surface area contributed by atoms with Crippen molar-refractivity contribution in [2.75, 3.05) is 13.2 Å². The molecule has 6 heteroatoms. The van der Waals surface area contributed by atoms with Crippen molar-refractivity contribution < 1.29 is 28.6 Å². The smallest absolute Gasteiger partial charge is 0.306 e. The van der Waals surface area contributed by atoms with Crippen LogP contribution in [0.5, 0.6) is 0 Å². The molecule has 0 aromatic carbocycles. The van der Waals surface area contributed by atoms with Crippen molar-refractivity contribution in [3.63, 3.8) is 0 Å². The highest BCUT2D eigenvalue weighted by atomic mass is 16.6. The number of rotatable bonds is 54. The molecule has 1 unspecified atom stereocenters. The topological polar surface area (TPSA) is 78.9 Å². The quantitative estimate of drug-likeness (QED) is 0.0262. The third-order valence-corrected chi connectivity index (χ3v) is 13.1. The standard InChI is InChI=1S/C62H112O6/c1-4-7-10-13-16-19-22-25-28-31-34-37-40-43-46-49-52-55-61(64)67-58-59(57-66-60(63)54-51-48-45-42-39-36-33-30-27-24-21-18-15-12-9-6-3)68-62(65)56-53-50-47-44-41-38-35-32-29-26-23-20-17-14-11-8-5-2/h25,28,30,33-34,37,43,46,59H,4-24,26-27,29,31-32,35-36,38-42,44-45,47-58H2,1-3H3/b28-25-,33-30-,37-34-,46-43-. The molecule has 0 aromatic heterocycles. The van der Waals surface area contributed by atoms with E-state index in [9.17, 15) is 14.4 Å². The Balaban J connectivity index is 4.43. The van der Waals surface area contributed by atoms with Gasteiger partial charge in [-0.2, -0.15) is 0 Å². The monoisotopic (exact) mass is 953 g/mol. The lowest BCUT2D eigenvalue weighted by Crippen LogP contribution is -2.30. The lowest BCUT2D eigenvalue weighted by Gasteiger charge is -2.18.